The van der Waals surface area contributed by atoms with Crippen molar-refractivity contribution in [1.29, 1.82) is 0 Å². The lowest BCUT2D eigenvalue weighted by molar-refractivity contribution is 0.0985. The van der Waals surface area contributed by atoms with Gasteiger partial charge in [-0.2, -0.15) is 0 Å². The SMILES string of the molecule is Cc1cn2cc(N3CCc4cc(C5CCNCC5)sc4C3=O)cc(F)c2n1. The van der Waals surface area contributed by atoms with Gasteiger partial charge in [0.05, 0.1) is 16.3 Å². The van der Waals surface area contributed by atoms with Crippen molar-refractivity contribution in [2.75, 3.05) is 24.5 Å². The van der Waals surface area contributed by atoms with E-state index in [0.717, 1.165) is 48.5 Å². The van der Waals surface area contributed by atoms with E-state index in [1.54, 1.807) is 33.0 Å². The Bertz CT molecular complexity index is 1030. The van der Waals surface area contributed by atoms with Gasteiger partial charge in [-0.1, -0.05) is 0 Å². The van der Waals surface area contributed by atoms with E-state index in [4.69, 9.17) is 0 Å². The molecule has 0 saturated carbocycles. The van der Waals surface area contributed by atoms with Crippen LogP contribution in [0.3, 0.4) is 0 Å². The standard InChI is InChI=1S/C20H21FN4OS/c1-12-10-24-11-15(9-16(21)19(24)23-12)25-7-4-14-8-17(27-18(14)20(25)26)13-2-5-22-6-3-13/h8-11,13,22H,2-7H2,1H3. The number of hydrogen-bond donors (Lipinski definition) is 1. The molecular formula is C20H21FN4OS. The number of carbonyl (C=O) groups excluding carboxylic acids is 1. The molecule has 7 heteroatoms. The number of pyridine rings is 1. The predicted molar refractivity (Wildman–Crippen MR) is 104 cm³/mol. The Morgan fingerprint density at radius 3 is 2.89 bits per heavy atom. The van der Waals surface area contributed by atoms with Crippen LogP contribution in [0.2, 0.25) is 0 Å². The number of aromatic nitrogens is 2. The van der Waals surface area contributed by atoms with Crippen molar-refractivity contribution in [3.05, 3.63) is 51.4 Å². The average molecular weight is 384 g/mol. The van der Waals surface area contributed by atoms with Crippen molar-refractivity contribution >= 4 is 28.6 Å². The molecule has 1 saturated heterocycles. The van der Waals surface area contributed by atoms with Crippen LogP contribution in [-0.4, -0.2) is 34.9 Å². The van der Waals surface area contributed by atoms with Gasteiger partial charge < -0.3 is 14.6 Å². The van der Waals surface area contributed by atoms with Gasteiger partial charge in [0.25, 0.3) is 5.91 Å². The van der Waals surface area contributed by atoms with Crippen molar-refractivity contribution in [3.8, 4) is 0 Å². The molecule has 1 fully saturated rings. The number of halogens is 1. The molecule has 2 aliphatic rings. The van der Waals surface area contributed by atoms with Crippen LogP contribution >= 0.6 is 11.3 Å². The Morgan fingerprint density at radius 2 is 2.07 bits per heavy atom. The Morgan fingerprint density at radius 1 is 1.26 bits per heavy atom. The summed E-state index contributed by atoms with van der Waals surface area (Å²) in [6.45, 7) is 4.49. The first-order valence-electron chi connectivity index (χ1n) is 9.40. The zero-order valence-electron chi connectivity index (χ0n) is 15.2. The number of nitrogens with one attached hydrogen (secondary N) is 1. The number of fused-ring (bicyclic) bond motifs is 2. The highest BCUT2D eigenvalue weighted by Gasteiger charge is 2.30. The molecule has 0 spiro atoms. The van der Waals surface area contributed by atoms with Gasteiger partial charge in [-0.25, -0.2) is 9.37 Å². The number of thiophene rings is 1. The topological polar surface area (TPSA) is 49.6 Å². The minimum Gasteiger partial charge on any atom is -0.317 e. The van der Waals surface area contributed by atoms with Crippen molar-refractivity contribution < 1.29 is 9.18 Å². The van der Waals surface area contributed by atoms with Crippen LogP contribution in [0, 0.1) is 12.7 Å². The lowest BCUT2D eigenvalue weighted by Crippen LogP contribution is -2.36. The second-order valence-electron chi connectivity index (χ2n) is 7.39. The molecule has 5 rings (SSSR count). The third kappa shape index (κ3) is 2.85. The fraction of sp³-hybridized carbons (Fsp3) is 0.400. The average Bonchev–Trinajstić information content (AvgIpc) is 3.26. The van der Waals surface area contributed by atoms with E-state index in [1.807, 2.05) is 6.92 Å². The molecule has 0 unspecified atom stereocenters. The maximum absolute atomic E-state index is 14.5. The second kappa shape index (κ2) is 6.42. The van der Waals surface area contributed by atoms with Gasteiger partial charge >= 0.3 is 0 Å². The molecule has 5 nitrogen and oxygen atoms in total. The number of carbonyl (C=O) groups is 1. The summed E-state index contributed by atoms with van der Waals surface area (Å²) in [7, 11) is 0. The van der Waals surface area contributed by atoms with E-state index in [0.29, 0.717) is 23.8 Å². The molecule has 0 bridgehead atoms. The molecule has 27 heavy (non-hydrogen) atoms. The van der Waals surface area contributed by atoms with Crippen LogP contribution in [-0.2, 0) is 6.42 Å². The number of piperidine rings is 1. The van der Waals surface area contributed by atoms with Crippen molar-refractivity contribution in [2.45, 2.75) is 32.1 Å². The Hall–Kier alpha value is -2.25. The molecule has 0 aliphatic carbocycles. The van der Waals surface area contributed by atoms with Gasteiger partial charge in [0, 0.05) is 29.9 Å². The molecular weight excluding hydrogens is 363 g/mol. The van der Waals surface area contributed by atoms with Crippen molar-refractivity contribution in [1.82, 2.24) is 14.7 Å². The third-order valence-corrected chi connectivity index (χ3v) is 6.87. The minimum absolute atomic E-state index is 0.0166. The van der Waals surface area contributed by atoms with Crippen LogP contribution in [0.25, 0.3) is 5.65 Å². The van der Waals surface area contributed by atoms with Gasteiger partial charge in [0.15, 0.2) is 11.5 Å². The zero-order valence-corrected chi connectivity index (χ0v) is 16.0. The zero-order chi connectivity index (χ0) is 18.5. The predicted octanol–water partition coefficient (Wildman–Crippen LogP) is 3.51. The lowest BCUT2D eigenvalue weighted by Gasteiger charge is -2.26. The summed E-state index contributed by atoms with van der Waals surface area (Å²) in [4.78, 5) is 21.2. The van der Waals surface area contributed by atoms with Gasteiger partial charge in [0.2, 0.25) is 0 Å². The molecule has 0 radical (unpaired) electrons. The van der Waals surface area contributed by atoms with Crippen LogP contribution in [0.15, 0.2) is 24.5 Å². The number of hydrogen-bond acceptors (Lipinski definition) is 4. The van der Waals surface area contributed by atoms with Gasteiger partial charge in [-0.3, -0.25) is 4.79 Å². The molecule has 0 aromatic carbocycles. The molecule has 3 aromatic rings. The Kier molecular flexibility index (Phi) is 4.02. The second-order valence-corrected chi connectivity index (χ2v) is 8.48. The first-order chi connectivity index (χ1) is 13.1. The summed E-state index contributed by atoms with van der Waals surface area (Å²) in [5.74, 6) is 0.128. The van der Waals surface area contributed by atoms with E-state index in [-0.39, 0.29) is 5.91 Å². The first-order valence-corrected chi connectivity index (χ1v) is 10.2. The summed E-state index contributed by atoms with van der Waals surface area (Å²) in [6, 6.07) is 3.65. The Balaban J connectivity index is 1.48. The third-order valence-electron chi connectivity index (χ3n) is 5.54. The van der Waals surface area contributed by atoms with Crippen molar-refractivity contribution in [3.63, 3.8) is 0 Å². The van der Waals surface area contributed by atoms with E-state index in [9.17, 15) is 9.18 Å². The largest absolute Gasteiger partial charge is 0.317 e. The maximum atomic E-state index is 14.5. The first kappa shape index (κ1) is 16.9. The van der Waals surface area contributed by atoms with E-state index >= 15 is 0 Å². The highest BCUT2D eigenvalue weighted by atomic mass is 32.1. The summed E-state index contributed by atoms with van der Waals surface area (Å²) < 4.78 is 16.1. The highest BCUT2D eigenvalue weighted by Crippen LogP contribution is 2.37. The maximum Gasteiger partial charge on any atom is 0.268 e. The fourth-order valence-electron chi connectivity index (χ4n) is 4.14. The Labute approximate surface area is 160 Å². The molecule has 5 heterocycles. The summed E-state index contributed by atoms with van der Waals surface area (Å²) in [6.07, 6.45) is 6.63. The minimum atomic E-state index is -0.402. The van der Waals surface area contributed by atoms with Gasteiger partial charge in [0.1, 0.15) is 0 Å². The molecule has 1 N–H and O–H groups in total. The van der Waals surface area contributed by atoms with Crippen LogP contribution in [0.5, 0.6) is 0 Å². The monoisotopic (exact) mass is 384 g/mol. The molecule has 3 aromatic heterocycles. The molecule has 0 atom stereocenters. The molecule has 2 aliphatic heterocycles. The van der Waals surface area contributed by atoms with Gasteiger partial charge in [-0.05, 0) is 56.8 Å². The number of amides is 1. The number of imidazole rings is 1. The van der Waals surface area contributed by atoms with E-state index in [2.05, 4.69) is 16.4 Å². The number of aryl methyl sites for hydroxylation is 1. The number of nitrogens with zero attached hydrogens (tertiary/aromatic N) is 3. The van der Waals surface area contributed by atoms with Crippen molar-refractivity contribution in [2.24, 2.45) is 0 Å². The number of anilines is 1. The normalized spacial score (nSPS) is 18.3. The van der Waals surface area contributed by atoms with E-state index < -0.39 is 5.82 Å². The van der Waals surface area contributed by atoms with Crippen LogP contribution in [0.1, 0.15) is 44.6 Å². The van der Waals surface area contributed by atoms with E-state index in [1.165, 1.54) is 10.9 Å². The molecule has 140 valence electrons. The quantitative estimate of drug-likeness (QED) is 0.736. The summed E-state index contributed by atoms with van der Waals surface area (Å²) >= 11 is 1.63. The fourth-order valence-corrected chi connectivity index (χ4v) is 5.47. The lowest BCUT2D eigenvalue weighted by atomic mass is 9.95. The van der Waals surface area contributed by atoms with Gasteiger partial charge in [-0.15, -0.1) is 11.3 Å². The number of rotatable bonds is 2. The smallest absolute Gasteiger partial charge is 0.268 e. The highest BCUT2D eigenvalue weighted by molar-refractivity contribution is 7.14. The van der Waals surface area contributed by atoms with Crippen LogP contribution < -0.4 is 10.2 Å². The summed E-state index contributed by atoms with van der Waals surface area (Å²) in [5.41, 5.74) is 2.79. The summed E-state index contributed by atoms with van der Waals surface area (Å²) in [5, 5.41) is 3.39. The van der Waals surface area contributed by atoms with Crippen LogP contribution in [0.4, 0.5) is 10.1 Å². The molecule has 1 amide bonds.